The summed E-state index contributed by atoms with van der Waals surface area (Å²) in [6, 6.07) is 6.40. The predicted octanol–water partition coefficient (Wildman–Crippen LogP) is 2.55. The lowest BCUT2D eigenvalue weighted by molar-refractivity contribution is -0.119. The molecule has 0 saturated heterocycles. The standard InChI is InChI=1S/C16H24ClN3O/c1-3-8-18-10-12-4-7-15(14(17)9-12)20(2)11-16(21)19-13-5-6-13/h4,7,9,13,18H,3,5-6,8,10-11H2,1-2H3,(H,19,21). The lowest BCUT2D eigenvalue weighted by Gasteiger charge is -2.20. The van der Waals surface area contributed by atoms with E-state index in [0.717, 1.165) is 43.6 Å². The number of hydrogen-bond donors (Lipinski definition) is 2. The molecule has 21 heavy (non-hydrogen) atoms. The third-order valence-electron chi connectivity index (χ3n) is 3.50. The van der Waals surface area contributed by atoms with Crippen LogP contribution in [-0.4, -0.2) is 32.1 Å². The number of halogens is 1. The Hall–Kier alpha value is -1.26. The number of nitrogens with zero attached hydrogens (tertiary/aromatic N) is 1. The summed E-state index contributed by atoms with van der Waals surface area (Å²) >= 11 is 6.34. The first-order valence-corrected chi connectivity index (χ1v) is 7.97. The summed E-state index contributed by atoms with van der Waals surface area (Å²) in [5.74, 6) is 0.0600. The SMILES string of the molecule is CCCNCc1ccc(N(C)CC(=O)NC2CC2)c(Cl)c1. The third-order valence-corrected chi connectivity index (χ3v) is 3.81. The van der Waals surface area contributed by atoms with E-state index in [0.29, 0.717) is 17.6 Å². The molecule has 0 heterocycles. The van der Waals surface area contributed by atoms with E-state index < -0.39 is 0 Å². The van der Waals surface area contributed by atoms with Gasteiger partial charge in [-0.15, -0.1) is 0 Å². The van der Waals surface area contributed by atoms with Crippen molar-refractivity contribution in [3.63, 3.8) is 0 Å². The van der Waals surface area contributed by atoms with Crippen molar-refractivity contribution >= 4 is 23.2 Å². The highest BCUT2D eigenvalue weighted by Crippen LogP contribution is 2.26. The molecule has 1 saturated carbocycles. The first-order valence-electron chi connectivity index (χ1n) is 7.59. The summed E-state index contributed by atoms with van der Waals surface area (Å²) in [5.41, 5.74) is 2.05. The van der Waals surface area contributed by atoms with Gasteiger partial charge < -0.3 is 15.5 Å². The van der Waals surface area contributed by atoms with Gasteiger partial charge in [-0.05, 0) is 43.5 Å². The molecule has 0 aromatic heterocycles. The fraction of sp³-hybridized carbons (Fsp3) is 0.562. The number of amides is 1. The average molecular weight is 310 g/mol. The van der Waals surface area contributed by atoms with Crippen LogP contribution < -0.4 is 15.5 Å². The van der Waals surface area contributed by atoms with E-state index in [2.05, 4.69) is 23.6 Å². The zero-order valence-electron chi connectivity index (χ0n) is 12.8. The van der Waals surface area contributed by atoms with E-state index in [4.69, 9.17) is 11.6 Å². The Balaban J connectivity index is 1.90. The third kappa shape index (κ3) is 5.21. The Kier molecular flexibility index (Phi) is 5.88. The lowest BCUT2D eigenvalue weighted by atomic mass is 10.2. The van der Waals surface area contributed by atoms with Crippen molar-refractivity contribution in [2.24, 2.45) is 0 Å². The first-order chi connectivity index (χ1) is 10.1. The minimum absolute atomic E-state index is 0.0600. The van der Waals surface area contributed by atoms with Gasteiger partial charge in [-0.2, -0.15) is 0 Å². The number of carbonyl (C=O) groups is 1. The molecule has 1 aromatic carbocycles. The molecular formula is C16H24ClN3O. The van der Waals surface area contributed by atoms with E-state index in [1.807, 2.05) is 24.1 Å². The highest BCUT2D eigenvalue weighted by molar-refractivity contribution is 6.33. The zero-order valence-corrected chi connectivity index (χ0v) is 13.5. The monoisotopic (exact) mass is 309 g/mol. The van der Waals surface area contributed by atoms with Crippen molar-refractivity contribution in [3.8, 4) is 0 Å². The van der Waals surface area contributed by atoms with Crippen molar-refractivity contribution in [3.05, 3.63) is 28.8 Å². The van der Waals surface area contributed by atoms with Gasteiger partial charge in [0.25, 0.3) is 0 Å². The molecule has 1 aliphatic carbocycles. The molecule has 1 fully saturated rings. The largest absolute Gasteiger partial charge is 0.364 e. The van der Waals surface area contributed by atoms with Gasteiger partial charge in [0.05, 0.1) is 17.3 Å². The molecule has 0 unspecified atom stereocenters. The molecule has 4 nitrogen and oxygen atoms in total. The molecule has 0 aliphatic heterocycles. The molecule has 2 rings (SSSR count). The normalized spacial score (nSPS) is 14.0. The van der Waals surface area contributed by atoms with Crippen LogP contribution in [0, 0.1) is 0 Å². The van der Waals surface area contributed by atoms with Gasteiger partial charge in [0.1, 0.15) is 0 Å². The van der Waals surface area contributed by atoms with Crippen molar-refractivity contribution in [2.75, 3.05) is 25.0 Å². The maximum Gasteiger partial charge on any atom is 0.239 e. The fourth-order valence-corrected chi connectivity index (χ4v) is 2.53. The number of benzene rings is 1. The van der Waals surface area contributed by atoms with Crippen LogP contribution in [0.5, 0.6) is 0 Å². The second-order valence-electron chi connectivity index (χ2n) is 5.66. The average Bonchev–Trinajstić information content (AvgIpc) is 3.22. The van der Waals surface area contributed by atoms with Crippen LogP contribution >= 0.6 is 11.6 Å². The summed E-state index contributed by atoms with van der Waals surface area (Å²) in [7, 11) is 1.89. The van der Waals surface area contributed by atoms with Crippen molar-refractivity contribution in [1.29, 1.82) is 0 Å². The summed E-state index contributed by atoms with van der Waals surface area (Å²) in [5, 5.41) is 7.03. The minimum Gasteiger partial charge on any atom is -0.364 e. The Morgan fingerprint density at radius 2 is 2.19 bits per heavy atom. The van der Waals surface area contributed by atoms with Crippen LogP contribution in [0.3, 0.4) is 0 Å². The van der Waals surface area contributed by atoms with E-state index in [1.54, 1.807) is 0 Å². The highest BCUT2D eigenvalue weighted by Gasteiger charge is 2.23. The molecule has 0 atom stereocenters. The fourth-order valence-electron chi connectivity index (χ4n) is 2.18. The van der Waals surface area contributed by atoms with E-state index in [9.17, 15) is 4.79 Å². The molecule has 2 N–H and O–H groups in total. The summed E-state index contributed by atoms with van der Waals surface area (Å²) in [4.78, 5) is 13.7. The first kappa shape index (κ1) is 16.1. The molecule has 0 bridgehead atoms. The second-order valence-corrected chi connectivity index (χ2v) is 6.07. The highest BCUT2D eigenvalue weighted by atomic mass is 35.5. The van der Waals surface area contributed by atoms with Gasteiger partial charge in [-0.25, -0.2) is 0 Å². The smallest absolute Gasteiger partial charge is 0.239 e. The van der Waals surface area contributed by atoms with E-state index in [1.165, 1.54) is 0 Å². The van der Waals surface area contributed by atoms with Crippen molar-refractivity contribution in [2.45, 2.75) is 38.8 Å². The van der Waals surface area contributed by atoms with Gasteiger partial charge in [0.2, 0.25) is 5.91 Å². The van der Waals surface area contributed by atoms with Gasteiger partial charge in [0.15, 0.2) is 0 Å². The maximum atomic E-state index is 11.8. The topological polar surface area (TPSA) is 44.4 Å². The number of rotatable bonds is 8. The molecule has 5 heteroatoms. The van der Waals surface area contributed by atoms with Gasteiger partial charge in [0, 0.05) is 19.6 Å². The predicted molar refractivity (Wildman–Crippen MR) is 87.9 cm³/mol. The number of nitrogens with one attached hydrogen (secondary N) is 2. The number of carbonyl (C=O) groups excluding carboxylic acids is 1. The van der Waals surface area contributed by atoms with Crippen LogP contribution in [0.4, 0.5) is 5.69 Å². The molecule has 0 radical (unpaired) electrons. The molecular weight excluding hydrogens is 286 g/mol. The molecule has 0 spiro atoms. The molecule has 1 aliphatic rings. The van der Waals surface area contributed by atoms with Crippen LogP contribution in [0.15, 0.2) is 18.2 Å². The van der Waals surface area contributed by atoms with E-state index in [-0.39, 0.29) is 5.91 Å². The molecule has 116 valence electrons. The van der Waals surface area contributed by atoms with Crippen LogP contribution in [0.25, 0.3) is 0 Å². The van der Waals surface area contributed by atoms with Crippen LogP contribution in [0.1, 0.15) is 31.7 Å². The lowest BCUT2D eigenvalue weighted by Crippen LogP contribution is -2.36. The molecule has 1 aromatic rings. The molecule has 1 amide bonds. The van der Waals surface area contributed by atoms with Gasteiger partial charge in [-0.3, -0.25) is 4.79 Å². The quantitative estimate of drug-likeness (QED) is 0.725. The summed E-state index contributed by atoms with van der Waals surface area (Å²) in [6.45, 7) is 4.30. The summed E-state index contributed by atoms with van der Waals surface area (Å²) < 4.78 is 0. The zero-order chi connectivity index (χ0) is 15.2. The maximum absolute atomic E-state index is 11.8. The minimum atomic E-state index is 0.0600. The van der Waals surface area contributed by atoms with Gasteiger partial charge in [-0.1, -0.05) is 24.6 Å². The van der Waals surface area contributed by atoms with E-state index >= 15 is 0 Å². The Morgan fingerprint density at radius 3 is 2.81 bits per heavy atom. The van der Waals surface area contributed by atoms with Crippen molar-refractivity contribution < 1.29 is 4.79 Å². The Bertz CT molecular complexity index is 488. The number of hydrogen-bond acceptors (Lipinski definition) is 3. The van der Waals surface area contributed by atoms with Crippen LogP contribution in [0.2, 0.25) is 5.02 Å². The Labute approximate surface area is 131 Å². The van der Waals surface area contributed by atoms with Crippen LogP contribution in [-0.2, 0) is 11.3 Å². The Morgan fingerprint density at radius 1 is 1.43 bits per heavy atom. The number of likely N-dealkylation sites (N-methyl/N-ethyl adjacent to an activating group) is 1. The second kappa shape index (κ2) is 7.66. The number of anilines is 1. The van der Waals surface area contributed by atoms with Crippen molar-refractivity contribution in [1.82, 2.24) is 10.6 Å². The summed E-state index contributed by atoms with van der Waals surface area (Å²) in [6.07, 6.45) is 3.33. The van der Waals surface area contributed by atoms with Gasteiger partial charge >= 0.3 is 0 Å².